The maximum Gasteiger partial charge on any atom is -0.00203 e. The van der Waals surface area contributed by atoms with Gasteiger partial charge in [-0.2, -0.15) is 0 Å². The summed E-state index contributed by atoms with van der Waals surface area (Å²) < 4.78 is 0. The van der Waals surface area contributed by atoms with Crippen LogP contribution in [0.15, 0.2) is 109 Å². The summed E-state index contributed by atoms with van der Waals surface area (Å²) in [6.45, 7) is 4.38. The van der Waals surface area contributed by atoms with Crippen LogP contribution in [0.1, 0.15) is 11.1 Å². The Bertz CT molecular complexity index is 1860. The topological polar surface area (TPSA) is 0 Å². The molecule has 0 aromatic heterocycles. The van der Waals surface area contributed by atoms with Gasteiger partial charge in [-0.15, -0.1) is 0 Å². The minimum Gasteiger partial charge on any atom is -0.0616 e. The monoisotopic (exact) mass is 432 g/mol. The third-order valence-corrected chi connectivity index (χ3v) is 7.42. The molecule has 0 atom stereocenters. The van der Waals surface area contributed by atoms with Crippen molar-refractivity contribution >= 4 is 43.1 Å². The highest BCUT2D eigenvalue weighted by atomic mass is 14.2. The second kappa shape index (κ2) is 7.17. The van der Waals surface area contributed by atoms with Crippen molar-refractivity contribution in [3.63, 3.8) is 0 Å². The van der Waals surface area contributed by atoms with E-state index in [0.29, 0.717) is 0 Å². The Labute approximate surface area is 199 Å². The second-order valence-corrected chi connectivity index (χ2v) is 9.49. The van der Waals surface area contributed by atoms with Crippen molar-refractivity contribution in [2.45, 2.75) is 13.8 Å². The minimum atomic E-state index is 1.28. The van der Waals surface area contributed by atoms with E-state index >= 15 is 0 Å². The van der Waals surface area contributed by atoms with Crippen LogP contribution in [0.25, 0.3) is 65.3 Å². The molecule has 34 heavy (non-hydrogen) atoms. The fourth-order valence-electron chi connectivity index (χ4n) is 5.85. The van der Waals surface area contributed by atoms with E-state index in [1.165, 1.54) is 76.5 Å². The van der Waals surface area contributed by atoms with Crippen molar-refractivity contribution in [1.29, 1.82) is 0 Å². The van der Waals surface area contributed by atoms with Crippen molar-refractivity contribution in [1.82, 2.24) is 0 Å². The first-order valence-electron chi connectivity index (χ1n) is 12.0. The van der Waals surface area contributed by atoms with Crippen LogP contribution in [-0.4, -0.2) is 0 Å². The van der Waals surface area contributed by atoms with E-state index in [9.17, 15) is 0 Å². The average Bonchev–Trinajstić information content (AvgIpc) is 2.87. The Morgan fingerprint density at radius 1 is 0.382 bits per heavy atom. The van der Waals surface area contributed by atoms with E-state index < -0.39 is 0 Å². The zero-order valence-electron chi connectivity index (χ0n) is 19.4. The van der Waals surface area contributed by atoms with E-state index in [4.69, 9.17) is 0 Å². The molecule has 7 rings (SSSR count). The molecular weight excluding hydrogens is 408 g/mol. The summed E-state index contributed by atoms with van der Waals surface area (Å²) in [5, 5.41) is 10.6. The van der Waals surface area contributed by atoms with Gasteiger partial charge >= 0.3 is 0 Å². The summed E-state index contributed by atoms with van der Waals surface area (Å²) in [6.07, 6.45) is 0. The lowest BCUT2D eigenvalue weighted by atomic mass is 9.86. The molecule has 0 heterocycles. The fourth-order valence-corrected chi connectivity index (χ4v) is 5.85. The van der Waals surface area contributed by atoms with Gasteiger partial charge in [0.05, 0.1) is 0 Å². The first-order chi connectivity index (χ1) is 16.7. The zero-order chi connectivity index (χ0) is 22.8. The Kier molecular flexibility index (Phi) is 4.07. The van der Waals surface area contributed by atoms with Gasteiger partial charge in [0.15, 0.2) is 0 Å². The van der Waals surface area contributed by atoms with Crippen molar-refractivity contribution in [2.24, 2.45) is 0 Å². The molecule has 0 radical (unpaired) electrons. The van der Waals surface area contributed by atoms with Crippen LogP contribution in [0.4, 0.5) is 0 Å². The predicted octanol–water partition coefficient (Wildman–Crippen LogP) is 9.69. The normalized spacial score (nSPS) is 11.8. The third-order valence-electron chi connectivity index (χ3n) is 7.42. The van der Waals surface area contributed by atoms with Gasteiger partial charge in [0.1, 0.15) is 0 Å². The van der Waals surface area contributed by atoms with E-state index in [0.717, 1.165) is 0 Å². The van der Waals surface area contributed by atoms with Crippen LogP contribution in [0.3, 0.4) is 0 Å². The molecule has 0 saturated heterocycles. The van der Waals surface area contributed by atoms with E-state index in [2.05, 4.69) is 123 Å². The predicted molar refractivity (Wildman–Crippen MR) is 148 cm³/mol. The van der Waals surface area contributed by atoms with Crippen LogP contribution < -0.4 is 0 Å². The highest BCUT2D eigenvalue weighted by Crippen LogP contribution is 2.43. The standard InChI is InChI=1S/C34H24/c1-21-10-15-26(22(2)20-21)29-16-11-24-14-19-32-30(17-12-25-13-18-31(29)33(24)34(25)32)28-9-5-7-23-6-3-4-8-27(23)28/h3-20H,1-2H3. The second-order valence-electron chi connectivity index (χ2n) is 9.49. The first kappa shape index (κ1) is 19.3. The molecule has 0 N–H and O–H groups in total. The van der Waals surface area contributed by atoms with Crippen LogP contribution in [0.2, 0.25) is 0 Å². The van der Waals surface area contributed by atoms with Gasteiger partial charge < -0.3 is 0 Å². The number of rotatable bonds is 2. The first-order valence-corrected chi connectivity index (χ1v) is 12.0. The van der Waals surface area contributed by atoms with Gasteiger partial charge in [-0.1, -0.05) is 115 Å². The highest BCUT2D eigenvalue weighted by Gasteiger charge is 2.16. The van der Waals surface area contributed by atoms with Crippen molar-refractivity contribution in [3.8, 4) is 22.3 Å². The number of hydrogen-bond donors (Lipinski definition) is 0. The molecule has 0 spiro atoms. The molecule has 7 aromatic carbocycles. The molecule has 0 amide bonds. The molecule has 0 aliphatic rings. The highest BCUT2D eigenvalue weighted by molar-refractivity contribution is 6.28. The fraction of sp³-hybridized carbons (Fsp3) is 0.0588. The largest absolute Gasteiger partial charge is 0.0616 e. The lowest BCUT2D eigenvalue weighted by Gasteiger charge is -2.18. The summed E-state index contributed by atoms with van der Waals surface area (Å²) >= 11 is 0. The number of aryl methyl sites for hydroxylation is 2. The van der Waals surface area contributed by atoms with E-state index in [-0.39, 0.29) is 0 Å². The Hall–Kier alpha value is -4.16. The van der Waals surface area contributed by atoms with Crippen LogP contribution >= 0.6 is 0 Å². The van der Waals surface area contributed by atoms with Gasteiger partial charge in [0.25, 0.3) is 0 Å². The van der Waals surface area contributed by atoms with Gasteiger partial charge in [-0.3, -0.25) is 0 Å². The maximum atomic E-state index is 2.32. The maximum absolute atomic E-state index is 2.32. The van der Waals surface area contributed by atoms with Gasteiger partial charge in [-0.25, -0.2) is 0 Å². The van der Waals surface area contributed by atoms with Gasteiger partial charge in [0, 0.05) is 0 Å². The van der Waals surface area contributed by atoms with Gasteiger partial charge in [-0.05, 0) is 84.8 Å². The van der Waals surface area contributed by atoms with Crippen molar-refractivity contribution < 1.29 is 0 Å². The molecule has 0 aliphatic heterocycles. The quantitative estimate of drug-likeness (QED) is 0.239. The summed E-state index contributed by atoms with van der Waals surface area (Å²) in [7, 11) is 0. The molecule has 0 bridgehead atoms. The molecule has 0 nitrogen and oxygen atoms in total. The van der Waals surface area contributed by atoms with Crippen LogP contribution in [0.5, 0.6) is 0 Å². The van der Waals surface area contributed by atoms with Crippen LogP contribution in [0, 0.1) is 13.8 Å². The minimum absolute atomic E-state index is 1.28. The summed E-state index contributed by atoms with van der Waals surface area (Å²) in [4.78, 5) is 0. The lowest BCUT2D eigenvalue weighted by Crippen LogP contribution is -1.91. The summed E-state index contributed by atoms with van der Waals surface area (Å²) in [5.74, 6) is 0. The molecule has 7 aromatic rings. The van der Waals surface area contributed by atoms with Crippen LogP contribution in [-0.2, 0) is 0 Å². The zero-order valence-corrected chi connectivity index (χ0v) is 19.4. The molecule has 0 saturated carbocycles. The van der Waals surface area contributed by atoms with Crippen molar-refractivity contribution in [3.05, 3.63) is 120 Å². The summed E-state index contributed by atoms with van der Waals surface area (Å²) in [5.41, 5.74) is 7.86. The molecule has 0 unspecified atom stereocenters. The Morgan fingerprint density at radius 3 is 1.65 bits per heavy atom. The Morgan fingerprint density at radius 2 is 0.941 bits per heavy atom. The smallest absolute Gasteiger partial charge is 0.00203 e. The molecule has 160 valence electrons. The SMILES string of the molecule is Cc1ccc(-c2ccc3ccc4c(-c5cccc6ccccc56)ccc5ccc2c3c54)c(C)c1. The third kappa shape index (κ3) is 2.72. The Balaban J connectivity index is 1.59. The molecular formula is C34H24. The number of fused-ring (bicyclic) bond motifs is 1. The lowest BCUT2D eigenvalue weighted by molar-refractivity contribution is 1.39. The number of hydrogen-bond acceptors (Lipinski definition) is 0. The molecule has 0 fully saturated rings. The summed E-state index contributed by atoms with van der Waals surface area (Å²) in [6, 6.07) is 40.5. The van der Waals surface area contributed by atoms with Crippen molar-refractivity contribution in [2.75, 3.05) is 0 Å². The van der Waals surface area contributed by atoms with E-state index in [1.54, 1.807) is 0 Å². The van der Waals surface area contributed by atoms with E-state index in [1.807, 2.05) is 0 Å². The molecule has 0 aliphatic carbocycles. The molecule has 0 heteroatoms. The number of benzene rings is 7. The van der Waals surface area contributed by atoms with Gasteiger partial charge in [0.2, 0.25) is 0 Å². The average molecular weight is 433 g/mol.